The number of aryl methyl sites for hydroxylation is 2. The minimum Gasteiger partial charge on any atom is -0.315 e. The molecule has 1 aliphatic carbocycles. The molecule has 2 rings (SSSR count). The Hall–Kier alpha value is -1.29. The average Bonchev–Trinajstić information content (AvgIpc) is 2.52. The number of rotatable bonds is 3. The standard InChI is InChI=1S/C18H27N3S/c1-14-10-11-17(15(2)12-14)19-13-21(3)18(22-4)20-16-8-6-5-7-9-16/h10-13,16H,5-9H2,1-4H3. The predicted octanol–water partition coefficient (Wildman–Crippen LogP) is 4.95. The lowest BCUT2D eigenvalue weighted by Crippen LogP contribution is -2.25. The monoisotopic (exact) mass is 317 g/mol. The van der Waals surface area contributed by atoms with Crippen molar-refractivity contribution >= 4 is 29.0 Å². The molecule has 0 radical (unpaired) electrons. The van der Waals surface area contributed by atoms with Crippen molar-refractivity contribution in [3.63, 3.8) is 0 Å². The van der Waals surface area contributed by atoms with Gasteiger partial charge in [0.2, 0.25) is 0 Å². The molecule has 0 spiro atoms. The molecule has 120 valence electrons. The van der Waals surface area contributed by atoms with Gasteiger partial charge in [-0.3, -0.25) is 4.99 Å². The quantitative estimate of drug-likeness (QED) is 0.583. The molecule has 0 heterocycles. The van der Waals surface area contributed by atoms with Crippen molar-refractivity contribution in [2.45, 2.75) is 52.0 Å². The van der Waals surface area contributed by atoms with Crippen LogP contribution in [0.2, 0.25) is 0 Å². The van der Waals surface area contributed by atoms with Crippen LogP contribution >= 0.6 is 11.8 Å². The van der Waals surface area contributed by atoms with Crippen LogP contribution < -0.4 is 0 Å². The molecule has 1 saturated carbocycles. The molecule has 0 aliphatic heterocycles. The summed E-state index contributed by atoms with van der Waals surface area (Å²) in [6.07, 6.45) is 10.4. The highest BCUT2D eigenvalue weighted by Gasteiger charge is 2.14. The zero-order valence-corrected chi connectivity index (χ0v) is 15.0. The molecule has 1 aliphatic rings. The SMILES string of the molecule is CSC(=NC1CCCCC1)N(C)C=Nc1ccc(C)cc1C. The van der Waals surface area contributed by atoms with E-state index < -0.39 is 0 Å². The molecule has 0 N–H and O–H groups in total. The molecule has 1 aromatic rings. The van der Waals surface area contributed by atoms with E-state index in [0.29, 0.717) is 6.04 Å². The molecule has 0 aromatic heterocycles. The van der Waals surface area contributed by atoms with E-state index in [1.54, 1.807) is 11.8 Å². The zero-order chi connectivity index (χ0) is 15.9. The topological polar surface area (TPSA) is 28.0 Å². The number of amidine groups is 1. The van der Waals surface area contributed by atoms with Gasteiger partial charge in [-0.05, 0) is 44.6 Å². The van der Waals surface area contributed by atoms with E-state index in [0.717, 1.165) is 10.9 Å². The smallest absolute Gasteiger partial charge is 0.164 e. The molecule has 4 heteroatoms. The van der Waals surface area contributed by atoms with Crippen molar-refractivity contribution in [2.75, 3.05) is 13.3 Å². The fraction of sp³-hybridized carbons (Fsp3) is 0.556. The molecule has 0 atom stereocenters. The summed E-state index contributed by atoms with van der Waals surface area (Å²) in [5.41, 5.74) is 3.50. The van der Waals surface area contributed by atoms with Crippen molar-refractivity contribution < 1.29 is 0 Å². The molecule has 1 fully saturated rings. The summed E-state index contributed by atoms with van der Waals surface area (Å²) < 4.78 is 0. The second-order valence-electron chi connectivity index (χ2n) is 6.05. The van der Waals surface area contributed by atoms with Gasteiger partial charge in [-0.15, -0.1) is 0 Å². The predicted molar refractivity (Wildman–Crippen MR) is 99.7 cm³/mol. The fourth-order valence-corrected chi connectivity index (χ4v) is 3.39. The van der Waals surface area contributed by atoms with Crippen LogP contribution in [0.5, 0.6) is 0 Å². The Morgan fingerprint density at radius 1 is 1.23 bits per heavy atom. The van der Waals surface area contributed by atoms with Crippen molar-refractivity contribution in [3.05, 3.63) is 29.3 Å². The zero-order valence-electron chi connectivity index (χ0n) is 14.2. The minimum absolute atomic E-state index is 0.494. The highest BCUT2D eigenvalue weighted by Crippen LogP contribution is 2.22. The van der Waals surface area contributed by atoms with Crippen LogP contribution in [0.1, 0.15) is 43.2 Å². The van der Waals surface area contributed by atoms with Gasteiger partial charge >= 0.3 is 0 Å². The van der Waals surface area contributed by atoms with Gasteiger partial charge in [-0.2, -0.15) is 0 Å². The van der Waals surface area contributed by atoms with Crippen LogP contribution in [0.3, 0.4) is 0 Å². The van der Waals surface area contributed by atoms with Gasteiger partial charge in [0, 0.05) is 7.05 Å². The first-order valence-electron chi connectivity index (χ1n) is 8.06. The first-order valence-corrected chi connectivity index (χ1v) is 9.28. The molecule has 3 nitrogen and oxygen atoms in total. The minimum atomic E-state index is 0.494. The Labute approximate surface area is 138 Å². The van der Waals surface area contributed by atoms with Gasteiger partial charge in [-0.25, -0.2) is 4.99 Å². The normalized spacial score (nSPS) is 17.2. The largest absolute Gasteiger partial charge is 0.315 e. The van der Waals surface area contributed by atoms with Gasteiger partial charge in [0.15, 0.2) is 5.17 Å². The first kappa shape index (κ1) is 17.1. The fourth-order valence-electron chi connectivity index (χ4n) is 2.80. The first-order chi connectivity index (χ1) is 10.6. The highest BCUT2D eigenvalue weighted by atomic mass is 32.2. The van der Waals surface area contributed by atoms with Crippen molar-refractivity contribution in [2.24, 2.45) is 9.98 Å². The Morgan fingerprint density at radius 2 is 1.95 bits per heavy atom. The number of benzene rings is 1. The molecule has 0 amide bonds. The molecule has 0 saturated heterocycles. The summed E-state index contributed by atoms with van der Waals surface area (Å²) in [7, 11) is 2.03. The van der Waals surface area contributed by atoms with Gasteiger partial charge < -0.3 is 4.90 Å². The summed E-state index contributed by atoms with van der Waals surface area (Å²) >= 11 is 1.70. The second-order valence-corrected chi connectivity index (χ2v) is 6.83. The van der Waals surface area contributed by atoms with Crippen LogP contribution in [0.15, 0.2) is 28.2 Å². The summed E-state index contributed by atoms with van der Waals surface area (Å²) in [5.74, 6) is 0. The Morgan fingerprint density at radius 3 is 2.59 bits per heavy atom. The molecule has 1 aromatic carbocycles. The molecule has 0 bridgehead atoms. The van der Waals surface area contributed by atoms with E-state index in [9.17, 15) is 0 Å². The van der Waals surface area contributed by atoms with E-state index in [-0.39, 0.29) is 0 Å². The third kappa shape index (κ3) is 4.87. The van der Waals surface area contributed by atoms with Gasteiger partial charge in [0.05, 0.1) is 18.1 Å². The number of aliphatic imine (C=N–C) groups is 2. The molecule has 0 unspecified atom stereocenters. The lowest BCUT2D eigenvalue weighted by atomic mass is 9.96. The average molecular weight is 318 g/mol. The maximum atomic E-state index is 4.92. The highest BCUT2D eigenvalue weighted by molar-refractivity contribution is 8.13. The van der Waals surface area contributed by atoms with E-state index in [2.05, 4.69) is 43.3 Å². The van der Waals surface area contributed by atoms with Crippen LogP contribution in [-0.4, -0.2) is 35.8 Å². The third-order valence-corrected chi connectivity index (χ3v) is 4.83. The maximum absolute atomic E-state index is 4.92. The summed E-state index contributed by atoms with van der Waals surface area (Å²) in [5, 5.41) is 1.06. The lowest BCUT2D eigenvalue weighted by molar-refractivity contribution is 0.441. The van der Waals surface area contributed by atoms with Crippen LogP contribution in [0.25, 0.3) is 0 Å². The van der Waals surface area contributed by atoms with Gasteiger partial charge in [0.1, 0.15) is 0 Å². The van der Waals surface area contributed by atoms with Crippen LogP contribution in [0.4, 0.5) is 5.69 Å². The van der Waals surface area contributed by atoms with Gasteiger partial charge in [-0.1, -0.05) is 48.7 Å². The molecule has 22 heavy (non-hydrogen) atoms. The Kier molecular flexibility index (Phi) is 6.49. The van der Waals surface area contributed by atoms with E-state index >= 15 is 0 Å². The summed E-state index contributed by atoms with van der Waals surface area (Å²) in [4.78, 5) is 11.6. The number of hydrogen-bond acceptors (Lipinski definition) is 3. The van der Waals surface area contributed by atoms with Crippen LogP contribution in [-0.2, 0) is 0 Å². The number of nitrogens with zero attached hydrogens (tertiary/aromatic N) is 3. The second kappa shape index (κ2) is 8.37. The molecular formula is C18H27N3S. The van der Waals surface area contributed by atoms with E-state index in [4.69, 9.17) is 4.99 Å². The Balaban J connectivity index is 2.06. The van der Waals surface area contributed by atoms with E-state index in [1.807, 2.05) is 18.3 Å². The van der Waals surface area contributed by atoms with Gasteiger partial charge in [0.25, 0.3) is 0 Å². The Bertz CT molecular complexity index is 545. The van der Waals surface area contributed by atoms with Crippen molar-refractivity contribution in [3.8, 4) is 0 Å². The summed E-state index contributed by atoms with van der Waals surface area (Å²) in [6.45, 7) is 4.21. The summed E-state index contributed by atoms with van der Waals surface area (Å²) in [6, 6.07) is 6.84. The molecular weight excluding hydrogens is 290 g/mol. The van der Waals surface area contributed by atoms with Crippen molar-refractivity contribution in [1.82, 2.24) is 4.90 Å². The van der Waals surface area contributed by atoms with Crippen molar-refractivity contribution in [1.29, 1.82) is 0 Å². The lowest BCUT2D eigenvalue weighted by Gasteiger charge is -2.21. The number of thioether (sulfide) groups is 1. The third-order valence-electron chi connectivity index (χ3n) is 4.07. The van der Waals surface area contributed by atoms with E-state index in [1.165, 1.54) is 43.2 Å². The number of hydrogen-bond donors (Lipinski definition) is 0. The van der Waals surface area contributed by atoms with Crippen LogP contribution in [0, 0.1) is 13.8 Å². The maximum Gasteiger partial charge on any atom is 0.164 e.